The third kappa shape index (κ3) is 2.07. The van der Waals surface area contributed by atoms with Gasteiger partial charge in [-0.1, -0.05) is 56.3 Å². The average Bonchev–Trinajstić information content (AvgIpc) is 3.03. The molecule has 2 aliphatic rings. The molecule has 0 saturated heterocycles. The van der Waals surface area contributed by atoms with Crippen molar-refractivity contribution < 1.29 is 0 Å². The van der Waals surface area contributed by atoms with Gasteiger partial charge in [-0.15, -0.1) is 11.8 Å². The summed E-state index contributed by atoms with van der Waals surface area (Å²) in [6.45, 7) is 6.88. The minimum absolute atomic E-state index is 0.525. The molecule has 1 atom stereocenters. The van der Waals surface area contributed by atoms with Crippen molar-refractivity contribution in [1.82, 2.24) is 0 Å². The number of benzene rings is 2. The lowest BCUT2D eigenvalue weighted by Gasteiger charge is -2.13. The summed E-state index contributed by atoms with van der Waals surface area (Å²) in [7, 11) is 0. The molecular formula is C21H20S. The maximum absolute atomic E-state index is 2.41. The molecule has 1 heterocycles. The van der Waals surface area contributed by atoms with Gasteiger partial charge in [-0.25, -0.2) is 0 Å². The summed E-state index contributed by atoms with van der Waals surface area (Å²) in [4.78, 5) is 1.46. The molecule has 1 heteroatoms. The highest BCUT2D eigenvalue weighted by atomic mass is 32.2. The van der Waals surface area contributed by atoms with E-state index in [1.807, 2.05) is 11.8 Å². The number of thioether (sulfide) groups is 1. The largest absolute Gasteiger partial charge is 0.118 e. The van der Waals surface area contributed by atoms with E-state index in [9.17, 15) is 0 Å². The predicted molar refractivity (Wildman–Crippen MR) is 98.9 cm³/mol. The third-order valence-electron chi connectivity index (χ3n) is 4.62. The third-order valence-corrected chi connectivity index (χ3v) is 5.80. The van der Waals surface area contributed by atoms with Gasteiger partial charge in [-0.05, 0) is 58.0 Å². The maximum atomic E-state index is 2.41. The zero-order valence-corrected chi connectivity index (χ0v) is 14.1. The first kappa shape index (κ1) is 13.9. The molecule has 2 aromatic carbocycles. The SMILES string of the molecule is CC(C)C1=CC2=C(c3cccc4ccccc34)C(C)SC2=C1. The van der Waals surface area contributed by atoms with Gasteiger partial charge in [0.2, 0.25) is 0 Å². The monoisotopic (exact) mass is 304 g/mol. The minimum Gasteiger partial charge on any atom is -0.118 e. The first-order valence-corrected chi connectivity index (χ1v) is 8.85. The molecule has 0 spiro atoms. The van der Waals surface area contributed by atoms with Crippen LogP contribution in [0.3, 0.4) is 0 Å². The summed E-state index contributed by atoms with van der Waals surface area (Å²) in [6, 6.07) is 15.4. The Morgan fingerprint density at radius 3 is 2.55 bits per heavy atom. The van der Waals surface area contributed by atoms with Gasteiger partial charge >= 0.3 is 0 Å². The van der Waals surface area contributed by atoms with Crippen LogP contribution < -0.4 is 0 Å². The molecule has 1 aliphatic heterocycles. The number of hydrogen-bond donors (Lipinski definition) is 0. The van der Waals surface area contributed by atoms with Gasteiger partial charge in [-0.3, -0.25) is 0 Å². The lowest BCUT2D eigenvalue weighted by atomic mass is 9.93. The van der Waals surface area contributed by atoms with Gasteiger partial charge < -0.3 is 0 Å². The summed E-state index contributed by atoms with van der Waals surface area (Å²) < 4.78 is 0. The normalized spacial score (nSPS) is 20.6. The molecule has 2 aromatic rings. The van der Waals surface area contributed by atoms with Crippen LogP contribution in [0.4, 0.5) is 0 Å². The number of hydrogen-bond acceptors (Lipinski definition) is 1. The van der Waals surface area contributed by atoms with Crippen molar-refractivity contribution in [2.45, 2.75) is 26.0 Å². The van der Waals surface area contributed by atoms with Crippen molar-refractivity contribution >= 4 is 28.1 Å². The molecule has 0 nitrogen and oxygen atoms in total. The molecule has 0 radical (unpaired) electrons. The van der Waals surface area contributed by atoms with E-state index in [1.54, 1.807) is 0 Å². The van der Waals surface area contributed by atoms with Crippen LogP contribution in [0, 0.1) is 5.92 Å². The summed E-state index contributed by atoms with van der Waals surface area (Å²) in [6.07, 6.45) is 4.80. The number of rotatable bonds is 2. The van der Waals surface area contributed by atoms with Gasteiger partial charge in [-0.2, -0.15) is 0 Å². The quantitative estimate of drug-likeness (QED) is 0.635. The van der Waals surface area contributed by atoms with Gasteiger partial charge in [0, 0.05) is 10.2 Å². The van der Waals surface area contributed by atoms with E-state index in [4.69, 9.17) is 0 Å². The lowest BCUT2D eigenvalue weighted by molar-refractivity contribution is 0.794. The Morgan fingerprint density at radius 1 is 0.955 bits per heavy atom. The first-order valence-electron chi connectivity index (χ1n) is 7.98. The first-order chi connectivity index (χ1) is 10.6. The van der Waals surface area contributed by atoms with Gasteiger partial charge in [0.25, 0.3) is 0 Å². The second-order valence-electron chi connectivity index (χ2n) is 6.42. The Labute approximate surface area is 136 Å². The standard InChI is InChI=1S/C21H20S/c1-13(2)16-11-19-20(12-16)22-14(3)21(19)18-10-6-8-15-7-4-5-9-17(15)18/h4-14H,1-3H3. The number of fused-ring (bicyclic) bond motifs is 2. The molecule has 4 rings (SSSR count). The fourth-order valence-electron chi connectivity index (χ4n) is 3.44. The Morgan fingerprint density at radius 2 is 1.73 bits per heavy atom. The van der Waals surface area contributed by atoms with E-state index in [2.05, 4.69) is 75.4 Å². The molecule has 1 unspecified atom stereocenters. The van der Waals surface area contributed by atoms with E-state index in [1.165, 1.54) is 38.0 Å². The second-order valence-corrected chi connectivity index (χ2v) is 7.80. The molecule has 0 amide bonds. The van der Waals surface area contributed by atoms with Crippen molar-refractivity contribution in [2.75, 3.05) is 0 Å². The Kier molecular flexibility index (Phi) is 3.27. The molecule has 0 N–H and O–H groups in total. The molecule has 22 heavy (non-hydrogen) atoms. The van der Waals surface area contributed by atoms with Gasteiger partial charge in [0.1, 0.15) is 0 Å². The number of allylic oxidation sites excluding steroid dienone is 4. The maximum Gasteiger partial charge on any atom is 0.0329 e. The molecule has 0 aromatic heterocycles. The topological polar surface area (TPSA) is 0 Å². The molecule has 0 saturated carbocycles. The van der Waals surface area contributed by atoms with Gasteiger partial charge in [0.15, 0.2) is 0 Å². The molecule has 0 bridgehead atoms. The van der Waals surface area contributed by atoms with E-state index in [-0.39, 0.29) is 0 Å². The van der Waals surface area contributed by atoms with Crippen LogP contribution in [0.25, 0.3) is 16.3 Å². The van der Waals surface area contributed by atoms with E-state index in [0.717, 1.165) is 0 Å². The minimum atomic E-state index is 0.525. The summed E-state index contributed by atoms with van der Waals surface area (Å²) in [5.41, 5.74) is 5.82. The Hall–Kier alpha value is -1.73. The van der Waals surface area contributed by atoms with Crippen molar-refractivity contribution in [1.29, 1.82) is 0 Å². The van der Waals surface area contributed by atoms with E-state index < -0.39 is 0 Å². The van der Waals surface area contributed by atoms with Crippen molar-refractivity contribution in [2.24, 2.45) is 5.92 Å². The summed E-state index contributed by atoms with van der Waals surface area (Å²) >= 11 is 2.00. The molecule has 110 valence electrons. The highest BCUT2D eigenvalue weighted by molar-refractivity contribution is 8.04. The van der Waals surface area contributed by atoms with Crippen molar-refractivity contribution in [3.8, 4) is 0 Å². The smallest absolute Gasteiger partial charge is 0.0329 e. The van der Waals surface area contributed by atoms with Crippen LogP contribution in [0.5, 0.6) is 0 Å². The summed E-state index contributed by atoms with van der Waals surface area (Å²) in [5.74, 6) is 0.593. The van der Waals surface area contributed by atoms with Crippen LogP contribution in [0.15, 0.2) is 70.7 Å². The Bertz CT molecular complexity index is 844. The fraction of sp³-hybridized carbons (Fsp3) is 0.238. The van der Waals surface area contributed by atoms with Crippen LogP contribution in [-0.2, 0) is 0 Å². The summed E-state index contributed by atoms with van der Waals surface area (Å²) in [5, 5.41) is 3.22. The molecular weight excluding hydrogens is 284 g/mol. The fourth-order valence-corrected chi connectivity index (χ4v) is 4.70. The highest BCUT2D eigenvalue weighted by Gasteiger charge is 2.31. The highest BCUT2D eigenvalue weighted by Crippen LogP contribution is 2.51. The predicted octanol–water partition coefficient (Wildman–Crippen LogP) is 6.21. The van der Waals surface area contributed by atoms with Crippen LogP contribution in [0.1, 0.15) is 26.3 Å². The van der Waals surface area contributed by atoms with Crippen LogP contribution >= 0.6 is 11.8 Å². The van der Waals surface area contributed by atoms with Crippen LogP contribution in [-0.4, -0.2) is 5.25 Å². The van der Waals surface area contributed by atoms with Crippen LogP contribution in [0.2, 0.25) is 0 Å². The van der Waals surface area contributed by atoms with Crippen molar-refractivity contribution in [3.63, 3.8) is 0 Å². The zero-order chi connectivity index (χ0) is 15.3. The second kappa shape index (κ2) is 5.17. The van der Waals surface area contributed by atoms with Gasteiger partial charge in [0.05, 0.1) is 0 Å². The van der Waals surface area contributed by atoms with E-state index >= 15 is 0 Å². The lowest BCUT2D eigenvalue weighted by Crippen LogP contribution is -1.98. The zero-order valence-electron chi connectivity index (χ0n) is 13.3. The Balaban J connectivity index is 1.96. The van der Waals surface area contributed by atoms with E-state index in [0.29, 0.717) is 11.2 Å². The average molecular weight is 304 g/mol. The van der Waals surface area contributed by atoms with Crippen molar-refractivity contribution in [3.05, 3.63) is 76.2 Å². The molecule has 1 aliphatic carbocycles. The molecule has 0 fully saturated rings.